The average Bonchev–Trinajstić information content (AvgIpc) is 2.95. The van der Waals surface area contributed by atoms with Crippen molar-refractivity contribution in [1.82, 2.24) is 4.37 Å². The van der Waals surface area contributed by atoms with Crippen molar-refractivity contribution in [3.05, 3.63) is 52.5 Å². The number of esters is 1. The lowest BCUT2D eigenvalue weighted by molar-refractivity contribution is -0.146. The first-order valence-corrected chi connectivity index (χ1v) is 6.89. The number of ether oxygens (including phenoxy) is 1. The molecule has 0 aliphatic heterocycles. The van der Waals surface area contributed by atoms with E-state index in [0.717, 1.165) is 11.6 Å². The van der Waals surface area contributed by atoms with Gasteiger partial charge in [0.05, 0.1) is 5.92 Å². The van der Waals surface area contributed by atoms with Crippen LogP contribution in [-0.4, -0.2) is 10.3 Å². The minimum absolute atomic E-state index is 0.0922. The van der Waals surface area contributed by atoms with Crippen molar-refractivity contribution < 1.29 is 22.7 Å². The van der Waals surface area contributed by atoms with Crippen LogP contribution in [0.25, 0.3) is 0 Å². The van der Waals surface area contributed by atoms with Gasteiger partial charge in [-0.05, 0) is 30.1 Å². The molecule has 1 heterocycles. The van der Waals surface area contributed by atoms with Gasteiger partial charge in [-0.3, -0.25) is 4.79 Å². The summed E-state index contributed by atoms with van der Waals surface area (Å²) in [6.45, 7) is 1.59. The standard InChI is InChI=1S/C14H12F3NO2S/c1-9(11-7-12(18-21-11)14(15,16)17)13(19)20-8-10-5-3-2-4-6-10/h2-7,9H,8H2,1H3. The van der Waals surface area contributed by atoms with Crippen molar-refractivity contribution in [1.29, 1.82) is 0 Å². The fourth-order valence-electron chi connectivity index (χ4n) is 1.60. The second-order valence-electron chi connectivity index (χ2n) is 4.43. The number of rotatable bonds is 4. The van der Waals surface area contributed by atoms with E-state index in [-0.39, 0.29) is 11.5 Å². The number of carbonyl (C=O) groups is 1. The first kappa shape index (κ1) is 15.5. The number of hydrogen-bond acceptors (Lipinski definition) is 4. The molecule has 0 saturated heterocycles. The number of nitrogens with zero attached hydrogens (tertiary/aromatic N) is 1. The third kappa shape index (κ3) is 4.04. The highest BCUT2D eigenvalue weighted by Crippen LogP contribution is 2.32. The molecule has 0 spiro atoms. The Kier molecular flexibility index (Phi) is 4.62. The molecule has 0 amide bonds. The number of carbonyl (C=O) groups excluding carboxylic acids is 1. The quantitative estimate of drug-likeness (QED) is 0.800. The van der Waals surface area contributed by atoms with Gasteiger partial charge in [-0.1, -0.05) is 30.3 Å². The molecule has 0 N–H and O–H groups in total. The van der Waals surface area contributed by atoms with Crippen molar-refractivity contribution in [2.75, 3.05) is 0 Å². The molecule has 3 nitrogen and oxygen atoms in total. The lowest BCUT2D eigenvalue weighted by Crippen LogP contribution is -2.12. The molecule has 1 unspecified atom stereocenters. The van der Waals surface area contributed by atoms with E-state index in [1.807, 2.05) is 18.2 Å². The van der Waals surface area contributed by atoms with E-state index in [0.29, 0.717) is 11.5 Å². The summed E-state index contributed by atoms with van der Waals surface area (Å²) in [5, 5.41) is 0. The fourth-order valence-corrected chi connectivity index (χ4v) is 2.38. The summed E-state index contributed by atoms with van der Waals surface area (Å²) in [5.41, 5.74) is -0.163. The topological polar surface area (TPSA) is 39.2 Å². The maximum atomic E-state index is 12.5. The average molecular weight is 315 g/mol. The summed E-state index contributed by atoms with van der Waals surface area (Å²) in [7, 11) is 0. The fraction of sp³-hybridized carbons (Fsp3) is 0.286. The number of aromatic nitrogens is 1. The van der Waals surface area contributed by atoms with Gasteiger partial charge >= 0.3 is 12.1 Å². The molecule has 0 aliphatic rings. The Morgan fingerprint density at radius 1 is 1.33 bits per heavy atom. The largest absolute Gasteiger partial charge is 0.460 e. The lowest BCUT2D eigenvalue weighted by Gasteiger charge is -2.09. The van der Waals surface area contributed by atoms with Crippen LogP contribution >= 0.6 is 11.5 Å². The van der Waals surface area contributed by atoms with Crippen LogP contribution in [-0.2, 0) is 22.3 Å². The molecule has 0 bridgehead atoms. The van der Waals surface area contributed by atoms with Crippen molar-refractivity contribution in [3.8, 4) is 0 Å². The molecule has 0 radical (unpaired) electrons. The van der Waals surface area contributed by atoms with E-state index in [4.69, 9.17) is 4.74 Å². The summed E-state index contributed by atoms with van der Waals surface area (Å²) in [6.07, 6.45) is -4.50. The normalized spacial score (nSPS) is 13.0. The van der Waals surface area contributed by atoms with Crippen LogP contribution in [0.1, 0.15) is 29.0 Å². The maximum Gasteiger partial charge on any atom is 0.434 e. The van der Waals surface area contributed by atoms with Crippen LogP contribution < -0.4 is 0 Å². The third-order valence-electron chi connectivity index (χ3n) is 2.82. The highest BCUT2D eigenvalue weighted by Gasteiger charge is 2.35. The zero-order valence-corrected chi connectivity index (χ0v) is 11.9. The molecule has 112 valence electrons. The van der Waals surface area contributed by atoms with Gasteiger partial charge in [0.25, 0.3) is 0 Å². The molecule has 1 atom stereocenters. The molecule has 0 aliphatic carbocycles. The molecule has 1 aromatic carbocycles. The van der Waals surface area contributed by atoms with Gasteiger partial charge in [0, 0.05) is 4.88 Å². The van der Waals surface area contributed by atoms with Crippen molar-refractivity contribution >= 4 is 17.5 Å². The van der Waals surface area contributed by atoms with Crippen LogP contribution in [0.5, 0.6) is 0 Å². The minimum Gasteiger partial charge on any atom is -0.460 e. The number of benzene rings is 1. The highest BCUT2D eigenvalue weighted by molar-refractivity contribution is 7.06. The van der Waals surface area contributed by atoms with Gasteiger partial charge in [-0.15, -0.1) is 0 Å². The molecular weight excluding hydrogens is 303 g/mol. The summed E-state index contributed by atoms with van der Waals surface area (Å²) >= 11 is 0.664. The predicted octanol–water partition coefficient (Wildman–Crippen LogP) is 4.01. The van der Waals surface area contributed by atoms with Crippen LogP contribution in [0.15, 0.2) is 36.4 Å². The predicted molar refractivity (Wildman–Crippen MR) is 71.8 cm³/mol. The Morgan fingerprint density at radius 2 is 2.00 bits per heavy atom. The highest BCUT2D eigenvalue weighted by atomic mass is 32.1. The van der Waals surface area contributed by atoms with Crippen molar-refractivity contribution in [3.63, 3.8) is 0 Å². The van der Waals surface area contributed by atoms with E-state index in [9.17, 15) is 18.0 Å². The number of alkyl halides is 3. The second-order valence-corrected chi connectivity index (χ2v) is 5.26. The Morgan fingerprint density at radius 3 is 2.57 bits per heavy atom. The Labute approximate surface area is 123 Å². The van der Waals surface area contributed by atoms with Gasteiger partial charge in [-0.2, -0.15) is 17.5 Å². The molecule has 2 rings (SSSR count). The Hall–Kier alpha value is -1.89. The van der Waals surface area contributed by atoms with E-state index >= 15 is 0 Å². The van der Waals surface area contributed by atoms with Crippen LogP contribution in [0.4, 0.5) is 13.2 Å². The molecule has 7 heteroatoms. The first-order chi connectivity index (χ1) is 9.88. The molecule has 0 saturated carbocycles. The van der Waals surface area contributed by atoms with E-state index in [1.165, 1.54) is 6.92 Å². The minimum atomic E-state index is -4.50. The molecular formula is C14H12F3NO2S. The first-order valence-electron chi connectivity index (χ1n) is 6.12. The number of hydrogen-bond donors (Lipinski definition) is 0. The zero-order valence-electron chi connectivity index (χ0n) is 11.1. The van der Waals surface area contributed by atoms with Crippen molar-refractivity contribution in [2.24, 2.45) is 0 Å². The van der Waals surface area contributed by atoms with Gasteiger partial charge in [0.2, 0.25) is 0 Å². The lowest BCUT2D eigenvalue weighted by atomic mass is 10.1. The van der Waals surface area contributed by atoms with Gasteiger partial charge < -0.3 is 4.74 Å². The van der Waals surface area contributed by atoms with E-state index in [2.05, 4.69) is 4.37 Å². The van der Waals surface area contributed by atoms with Crippen LogP contribution in [0, 0.1) is 0 Å². The van der Waals surface area contributed by atoms with Crippen LogP contribution in [0.2, 0.25) is 0 Å². The Bertz CT molecular complexity index is 610. The SMILES string of the molecule is CC(C(=O)OCc1ccccc1)c1cc(C(F)(F)F)ns1. The monoisotopic (exact) mass is 315 g/mol. The van der Waals surface area contributed by atoms with Gasteiger partial charge in [0.15, 0.2) is 5.69 Å². The summed E-state index contributed by atoms with van der Waals surface area (Å²) < 4.78 is 45.8. The molecule has 1 aromatic heterocycles. The van der Waals surface area contributed by atoms with E-state index < -0.39 is 23.8 Å². The van der Waals surface area contributed by atoms with Crippen LogP contribution in [0.3, 0.4) is 0 Å². The van der Waals surface area contributed by atoms with Crippen molar-refractivity contribution in [2.45, 2.75) is 25.6 Å². The molecule has 0 fully saturated rings. The van der Waals surface area contributed by atoms with Gasteiger partial charge in [0.1, 0.15) is 6.61 Å². The summed E-state index contributed by atoms with van der Waals surface area (Å²) in [6, 6.07) is 9.94. The molecule has 21 heavy (non-hydrogen) atoms. The zero-order chi connectivity index (χ0) is 15.5. The third-order valence-corrected chi connectivity index (χ3v) is 3.79. The summed E-state index contributed by atoms with van der Waals surface area (Å²) in [5.74, 6) is -1.35. The molecule has 2 aromatic rings. The second kappa shape index (κ2) is 6.26. The van der Waals surface area contributed by atoms with E-state index in [1.54, 1.807) is 12.1 Å². The summed E-state index contributed by atoms with van der Waals surface area (Å²) in [4.78, 5) is 12.1. The maximum absolute atomic E-state index is 12.5. The van der Waals surface area contributed by atoms with Gasteiger partial charge in [-0.25, -0.2) is 0 Å². The smallest absolute Gasteiger partial charge is 0.434 e. The Balaban J connectivity index is 1.98. The number of halogens is 3.